The highest BCUT2D eigenvalue weighted by Crippen LogP contribution is 2.29. The van der Waals surface area contributed by atoms with E-state index in [1.54, 1.807) is 0 Å². The Morgan fingerprint density at radius 3 is 2.65 bits per heavy atom. The van der Waals surface area contributed by atoms with Crippen LogP contribution in [0.3, 0.4) is 0 Å². The van der Waals surface area contributed by atoms with Crippen molar-refractivity contribution in [1.82, 2.24) is 10.2 Å². The van der Waals surface area contributed by atoms with Crippen molar-refractivity contribution >= 4 is 0 Å². The van der Waals surface area contributed by atoms with Gasteiger partial charge in [0.25, 0.3) is 0 Å². The third kappa shape index (κ3) is 4.19. The summed E-state index contributed by atoms with van der Waals surface area (Å²) in [4.78, 5) is 2.76. The van der Waals surface area contributed by atoms with Gasteiger partial charge in [0.2, 0.25) is 0 Å². The summed E-state index contributed by atoms with van der Waals surface area (Å²) in [6, 6.07) is 2.08. The molecule has 1 saturated carbocycles. The van der Waals surface area contributed by atoms with Crippen LogP contribution in [0.1, 0.15) is 58.8 Å². The van der Waals surface area contributed by atoms with E-state index in [9.17, 15) is 0 Å². The molecule has 1 saturated heterocycles. The third-order valence-corrected chi connectivity index (χ3v) is 5.49. The molecule has 1 aliphatic carbocycles. The lowest BCUT2D eigenvalue weighted by molar-refractivity contribution is 0.0476. The van der Waals surface area contributed by atoms with Crippen LogP contribution >= 0.6 is 0 Å². The van der Waals surface area contributed by atoms with Gasteiger partial charge >= 0.3 is 0 Å². The number of rotatable bonds is 6. The monoisotopic (exact) mass is 282 g/mol. The van der Waals surface area contributed by atoms with Gasteiger partial charge in [0.1, 0.15) is 0 Å². The van der Waals surface area contributed by atoms with E-state index < -0.39 is 0 Å². The van der Waals surface area contributed by atoms with Crippen LogP contribution in [0, 0.1) is 5.92 Å². The first-order valence-corrected chi connectivity index (χ1v) is 8.74. The van der Waals surface area contributed by atoms with E-state index in [0.29, 0.717) is 12.1 Å². The Kier molecular flexibility index (Phi) is 6.79. The van der Waals surface area contributed by atoms with Crippen molar-refractivity contribution in [3.8, 4) is 0 Å². The van der Waals surface area contributed by atoms with Gasteiger partial charge in [-0.3, -0.25) is 4.90 Å². The second kappa shape index (κ2) is 8.35. The van der Waals surface area contributed by atoms with Crippen LogP contribution < -0.4 is 5.32 Å². The highest BCUT2D eigenvalue weighted by molar-refractivity contribution is 4.92. The second-order valence-electron chi connectivity index (χ2n) is 6.80. The van der Waals surface area contributed by atoms with E-state index in [1.807, 2.05) is 7.11 Å². The molecule has 0 spiro atoms. The lowest BCUT2D eigenvalue weighted by Crippen LogP contribution is -2.61. The van der Waals surface area contributed by atoms with Crippen LogP contribution in [0.25, 0.3) is 0 Å². The summed E-state index contributed by atoms with van der Waals surface area (Å²) in [5.41, 5.74) is 0. The highest BCUT2D eigenvalue weighted by atomic mass is 16.5. The van der Waals surface area contributed by atoms with Crippen molar-refractivity contribution in [1.29, 1.82) is 0 Å². The molecule has 0 radical (unpaired) electrons. The van der Waals surface area contributed by atoms with Crippen molar-refractivity contribution in [3.05, 3.63) is 0 Å². The molecule has 0 bridgehead atoms. The molecule has 0 amide bonds. The second-order valence-corrected chi connectivity index (χ2v) is 6.80. The van der Waals surface area contributed by atoms with Crippen molar-refractivity contribution in [2.75, 3.05) is 26.8 Å². The van der Waals surface area contributed by atoms with Gasteiger partial charge in [-0.15, -0.1) is 0 Å². The van der Waals surface area contributed by atoms with Crippen molar-refractivity contribution < 1.29 is 4.74 Å². The predicted molar refractivity (Wildman–Crippen MR) is 85.1 cm³/mol. The molecule has 0 aromatic rings. The minimum Gasteiger partial charge on any atom is -0.385 e. The zero-order valence-corrected chi connectivity index (χ0v) is 13.7. The summed E-state index contributed by atoms with van der Waals surface area (Å²) >= 11 is 0. The maximum absolute atomic E-state index is 5.27. The molecule has 3 heteroatoms. The van der Waals surface area contributed by atoms with Crippen LogP contribution in [0.4, 0.5) is 0 Å². The molecule has 20 heavy (non-hydrogen) atoms. The molecule has 0 aromatic heterocycles. The van der Waals surface area contributed by atoms with E-state index in [1.165, 1.54) is 51.6 Å². The standard InChI is InChI=1S/C17H34N2O/c1-4-16-12-18-17(15-8-6-5-7-9-15)13-19(16)14(2)10-11-20-3/h14-18H,4-13H2,1-3H3. The molecule has 2 rings (SSSR count). The van der Waals surface area contributed by atoms with Crippen LogP contribution in [-0.2, 0) is 4.74 Å². The molecule has 118 valence electrons. The lowest BCUT2D eigenvalue weighted by atomic mass is 9.82. The SMILES string of the molecule is CCC1CNC(C2CCCCC2)CN1C(C)CCOC. The Bertz CT molecular complexity index is 266. The molecule has 1 aliphatic heterocycles. The van der Waals surface area contributed by atoms with E-state index in [0.717, 1.165) is 25.0 Å². The smallest absolute Gasteiger partial charge is 0.0477 e. The van der Waals surface area contributed by atoms with Gasteiger partial charge in [-0.25, -0.2) is 0 Å². The summed E-state index contributed by atoms with van der Waals surface area (Å²) < 4.78 is 5.27. The summed E-state index contributed by atoms with van der Waals surface area (Å²) in [5, 5.41) is 3.86. The molecule has 2 fully saturated rings. The Morgan fingerprint density at radius 2 is 2.00 bits per heavy atom. The number of hydrogen-bond donors (Lipinski definition) is 1. The summed E-state index contributed by atoms with van der Waals surface area (Å²) in [6.45, 7) is 8.01. The fourth-order valence-electron chi connectivity index (χ4n) is 4.07. The minimum absolute atomic E-state index is 0.646. The lowest BCUT2D eigenvalue weighted by Gasteiger charge is -2.46. The van der Waals surface area contributed by atoms with Crippen molar-refractivity contribution in [3.63, 3.8) is 0 Å². The summed E-state index contributed by atoms with van der Waals surface area (Å²) in [5.74, 6) is 0.915. The van der Waals surface area contributed by atoms with Gasteiger partial charge in [-0.05, 0) is 38.5 Å². The highest BCUT2D eigenvalue weighted by Gasteiger charge is 2.33. The maximum atomic E-state index is 5.27. The van der Waals surface area contributed by atoms with Gasteiger partial charge in [-0.1, -0.05) is 26.2 Å². The van der Waals surface area contributed by atoms with Gasteiger partial charge in [-0.2, -0.15) is 0 Å². The maximum Gasteiger partial charge on any atom is 0.0477 e. The first kappa shape index (κ1) is 16.3. The first-order valence-electron chi connectivity index (χ1n) is 8.74. The van der Waals surface area contributed by atoms with E-state index in [-0.39, 0.29) is 0 Å². The normalized spacial score (nSPS) is 31.4. The minimum atomic E-state index is 0.646. The molecular weight excluding hydrogens is 248 g/mol. The summed E-state index contributed by atoms with van der Waals surface area (Å²) in [7, 11) is 1.81. The molecule has 0 aromatic carbocycles. The van der Waals surface area contributed by atoms with Crippen LogP contribution in [-0.4, -0.2) is 49.8 Å². The van der Waals surface area contributed by atoms with Crippen LogP contribution in [0.2, 0.25) is 0 Å². The number of nitrogens with one attached hydrogen (secondary N) is 1. The molecule has 1 heterocycles. The van der Waals surface area contributed by atoms with Gasteiger partial charge in [0.15, 0.2) is 0 Å². The van der Waals surface area contributed by atoms with Crippen molar-refractivity contribution in [2.45, 2.75) is 76.9 Å². The zero-order valence-electron chi connectivity index (χ0n) is 13.7. The fourth-order valence-corrected chi connectivity index (χ4v) is 4.07. The van der Waals surface area contributed by atoms with E-state index >= 15 is 0 Å². The fraction of sp³-hybridized carbons (Fsp3) is 1.00. The number of nitrogens with zero attached hydrogens (tertiary/aromatic N) is 1. The Labute approximate surface area is 125 Å². The quantitative estimate of drug-likeness (QED) is 0.810. The van der Waals surface area contributed by atoms with Crippen LogP contribution in [0.15, 0.2) is 0 Å². The number of ether oxygens (including phenoxy) is 1. The molecular formula is C17H34N2O. The van der Waals surface area contributed by atoms with Gasteiger partial charge in [0.05, 0.1) is 0 Å². The third-order valence-electron chi connectivity index (χ3n) is 5.49. The molecule has 3 nitrogen and oxygen atoms in total. The Hall–Kier alpha value is -0.120. The summed E-state index contributed by atoms with van der Waals surface area (Å²) in [6.07, 6.45) is 9.63. The van der Waals surface area contributed by atoms with E-state index in [4.69, 9.17) is 4.74 Å². The molecule has 1 N–H and O–H groups in total. The predicted octanol–water partition coefficient (Wildman–Crippen LogP) is 3.04. The largest absolute Gasteiger partial charge is 0.385 e. The number of methoxy groups -OCH3 is 1. The first-order chi connectivity index (χ1) is 9.76. The van der Waals surface area contributed by atoms with E-state index in [2.05, 4.69) is 24.1 Å². The zero-order chi connectivity index (χ0) is 14.4. The molecule has 3 atom stereocenters. The van der Waals surface area contributed by atoms with Gasteiger partial charge in [0, 0.05) is 44.9 Å². The Balaban J connectivity index is 1.91. The van der Waals surface area contributed by atoms with Gasteiger partial charge < -0.3 is 10.1 Å². The van der Waals surface area contributed by atoms with Crippen molar-refractivity contribution in [2.24, 2.45) is 5.92 Å². The van der Waals surface area contributed by atoms with Crippen LogP contribution in [0.5, 0.6) is 0 Å². The average molecular weight is 282 g/mol. The Morgan fingerprint density at radius 1 is 1.25 bits per heavy atom. The number of hydrogen-bond acceptors (Lipinski definition) is 3. The number of piperazine rings is 1. The topological polar surface area (TPSA) is 24.5 Å². The molecule has 3 unspecified atom stereocenters. The average Bonchev–Trinajstić information content (AvgIpc) is 2.52. The molecule has 2 aliphatic rings.